The molecule has 0 saturated heterocycles. The van der Waals surface area contributed by atoms with Gasteiger partial charge in [-0.25, -0.2) is 9.97 Å². The lowest BCUT2D eigenvalue weighted by atomic mass is 9.86. The predicted octanol–water partition coefficient (Wildman–Crippen LogP) is 7.40. The summed E-state index contributed by atoms with van der Waals surface area (Å²) in [6.45, 7) is 0. The van der Waals surface area contributed by atoms with Crippen molar-refractivity contribution in [2.45, 2.75) is 24.1 Å². The Hall–Kier alpha value is -2.78. The zero-order valence-corrected chi connectivity index (χ0v) is 17.6. The Labute approximate surface area is 178 Å². The maximum Gasteiger partial charge on any atom is 0.159 e. The van der Waals surface area contributed by atoms with Crippen LogP contribution in [-0.4, -0.2) is 9.97 Å². The van der Waals surface area contributed by atoms with Crippen molar-refractivity contribution >= 4 is 48.5 Å². The minimum absolute atomic E-state index is 0.534. The SMILES string of the molecule is BrC1CCCc2c1ccc1c2ccc2ccccc21.c1cnc2ncccc2c1. The Balaban J connectivity index is 0.000000153. The summed E-state index contributed by atoms with van der Waals surface area (Å²) in [4.78, 5) is 8.67. The number of aromatic nitrogens is 2. The molecule has 0 fully saturated rings. The van der Waals surface area contributed by atoms with Crippen molar-refractivity contribution in [3.63, 3.8) is 0 Å². The van der Waals surface area contributed by atoms with Gasteiger partial charge in [-0.05, 0) is 76.2 Å². The Morgan fingerprint density at radius 1 is 0.690 bits per heavy atom. The lowest BCUT2D eigenvalue weighted by molar-refractivity contribution is 0.685. The van der Waals surface area contributed by atoms with Crippen LogP contribution in [-0.2, 0) is 6.42 Å². The second-order valence-corrected chi connectivity index (χ2v) is 8.53. The summed E-state index contributed by atoms with van der Waals surface area (Å²) in [5.74, 6) is 0. The first-order chi connectivity index (χ1) is 14.3. The van der Waals surface area contributed by atoms with Gasteiger partial charge >= 0.3 is 0 Å². The van der Waals surface area contributed by atoms with Gasteiger partial charge in [-0.3, -0.25) is 0 Å². The fourth-order valence-corrected chi connectivity index (χ4v) is 5.01. The van der Waals surface area contributed by atoms with Crippen molar-refractivity contribution in [1.29, 1.82) is 0 Å². The van der Waals surface area contributed by atoms with Crippen LogP contribution < -0.4 is 0 Å². The second kappa shape index (κ2) is 7.92. The van der Waals surface area contributed by atoms with Crippen LogP contribution in [0, 0.1) is 0 Å². The summed E-state index contributed by atoms with van der Waals surface area (Å²) in [5.41, 5.74) is 3.86. The van der Waals surface area contributed by atoms with E-state index in [1.54, 1.807) is 18.0 Å². The first-order valence-corrected chi connectivity index (χ1v) is 11.0. The molecule has 0 bridgehead atoms. The third kappa shape index (κ3) is 3.51. The van der Waals surface area contributed by atoms with Crippen LogP contribution in [0.1, 0.15) is 28.8 Å². The van der Waals surface area contributed by atoms with Crippen molar-refractivity contribution in [2.24, 2.45) is 0 Å². The zero-order chi connectivity index (χ0) is 19.6. The van der Waals surface area contributed by atoms with Gasteiger partial charge in [-0.15, -0.1) is 0 Å². The molecule has 1 unspecified atom stereocenters. The van der Waals surface area contributed by atoms with E-state index in [1.165, 1.54) is 46.4 Å². The maximum atomic E-state index is 4.07. The van der Waals surface area contributed by atoms with Gasteiger partial charge in [-0.2, -0.15) is 0 Å². The fraction of sp³-hybridized carbons (Fsp3) is 0.154. The molecule has 0 aliphatic heterocycles. The molecular weight excluding hydrogens is 420 g/mol. The van der Waals surface area contributed by atoms with Crippen molar-refractivity contribution < 1.29 is 0 Å². The number of alkyl halides is 1. The molecule has 1 aliphatic rings. The molecule has 6 rings (SSSR count). The number of hydrogen-bond donors (Lipinski definition) is 0. The van der Waals surface area contributed by atoms with Crippen LogP contribution in [0.25, 0.3) is 32.6 Å². The van der Waals surface area contributed by atoms with E-state index >= 15 is 0 Å². The van der Waals surface area contributed by atoms with Gasteiger partial charge in [-0.1, -0.05) is 64.5 Å². The molecule has 0 N–H and O–H groups in total. The molecular formula is C26H21BrN2. The molecule has 2 aromatic heterocycles. The van der Waals surface area contributed by atoms with E-state index in [4.69, 9.17) is 0 Å². The number of fused-ring (bicyclic) bond motifs is 6. The second-order valence-electron chi connectivity index (χ2n) is 7.43. The Morgan fingerprint density at radius 3 is 2.21 bits per heavy atom. The largest absolute Gasteiger partial charge is 0.237 e. The molecule has 3 heteroatoms. The van der Waals surface area contributed by atoms with E-state index in [2.05, 4.69) is 74.4 Å². The van der Waals surface area contributed by atoms with Crippen LogP contribution in [0.4, 0.5) is 0 Å². The average molecular weight is 441 g/mol. The van der Waals surface area contributed by atoms with Crippen molar-refractivity contribution in [3.05, 3.63) is 96.3 Å². The van der Waals surface area contributed by atoms with Crippen LogP contribution in [0.2, 0.25) is 0 Å². The molecule has 0 spiro atoms. The Bertz CT molecular complexity index is 1250. The number of hydrogen-bond acceptors (Lipinski definition) is 2. The van der Waals surface area contributed by atoms with E-state index in [1.807, 2.05) is 24.3 Å². The summed E-state index contributed by atoms with van der Waals surface area (Å²) in [6.07, 6.45) is 7.25. The number of pyridine rings is 2. The van der Waals surface area contributed by atoms with Gasteiger partial charge in [0.15, 0.2) is 5.65 Å². The minimum Gasteiger partial charge on any atom is -0.237 e. The number of aryl methyl sites for hydroxylation is 1. The van der Waals surface area contributed by atoms with E-state index in [9.17, 15) is 0 Å². The van der Waals surface area contributed by atoms with Crippen LogP contribution >= 0.6 is 15.9 Å². The van der Waals surface area contributed by atoms with E-state index in [0.29, 0.717) is 4.83 Å². The van der Waals surface area contributed by atoms with Gasteiger partial charge in [0.05, 0.1) is 0 Å². The van der Waals surface area contributed by atoms with Gasteiger partial charge in [0.1, 0.15) is 0 Å². The first-order valence-electron chi connectivity index (χ1n) is 10.0. The topological polar surface area (TPSA) is 25.8 Å². The zero-order valence-electron chi connectivity index (χ0n) is 16.1. The maximum absolute atomic E-state index is 4.07. The summed E-state index contributed by atoms with van der Waals surface area (Å²) in [5, 5.41) is 6.64. The first kappa shape index (κ1) is 18.3. The minimum atomic E-state index is 0.534. The van der Waals surface area contributed by atoms with Crippen molar-refractivity contribution in [3.8, 4) is 0 Å². The Kier molecular flexibility index (Phi) is 4.99. The predicted molar refractivity (Wildman–Crippen MR) is 126 cm³/mol. The van der Waals surface area contributed by atoms with Gasteiger partial charge in [0, 0.05) is 22.6 Å². The highest BCUT2D eigenvalue weighted by Crippen LogP contribution is 2.40. The van der Waals surface area contributed by atoms with Crippen molar-refractivity contribution in [2.75, 3.05) is 0 Å². The highest BCUT2D eigenvalue weighted by atomic mass is 79.9. The third-order valence-electron chi connectivity index (χ3n) is 5.67. The molecule has 3 aromatic carbocycles. The monoisotopic (exact) mass is 440 g/mol. The number of nitrogens with zero attached hydrogens (tertiary/aromatic N) is 2. The van der Waals surface area contributed by atoms with E-state index < -0.39 is 0 Å². The van der Waals surface area contributed by atoms with Gasteiger partial charge in [0.25, 0.3) is 0 Å². The summed E-state index contributed by atoms with van der Waals surface area (Å²) in [7, 11) is 0. The molecule has 1 atom stereocenters. The molecule has 0 saturated carbocycles. The molecule has 2 nitrogen and oxygen atoms in total. The molecule has 0 radical (unpaired) electrons. The fourth-order valence-electron chi connectivity index (χ4n) is 4.26. The van der Waals surface area contributed by atoms with Crippen molar-refractivity contribution in [1.82, 2.24) is 9.97 Å². The van der Waals surface area contributed by atoms with Crippen LogP contribution in [0.3, 0.4) is 0 Å². The van der Waals surface area contributed by atoms with Crippen LogP contribution in [0.5, 0.6) is 0 Å². The molecule has 2 heterocycles. The third-order valence-corrected chi connectivity index (χ3v) is 6.62. The molecule has 29 heavy (non-hydrogen) atoms. The highest BCUT2D eigenvalue weighted by molar-refractivity contribution is 9.09. The van der Waals surface area contributed by atoms with E-state index in [0.717, 1.165) is 11.0 Å². The number of halogens is 1. The standard InChI is InChI=1S/C18H15Br.C8H6N2/c19-18-7-3-6-14-16-9-8-12-4-1-2-5-13(12)15(16)10-11-17(14)18;1-3-7-4-2-6-10-8(7)9-5-1/h1-2,4-5,8-11,18H,3,6-7H2;1-6H. The molecule has 142 valence electrons. The molecule has 5 aromatic rings. The number of benzene rings is 3. The average Bonchev–Trinajstić information content (AvgIpc) is 2.79. The normalized spacial score (nSPS) is 15.7. The van der Waals surface area contributed by atoms with Crippen LogP contribution in [0.15, 0.2) is 85.2 Å². The van der Waals surface area contributed by atoms with Gasteiger partial charge < -0.3 is 0 Å². The quantitative estimate of drug-likeness (QED) is 0.185. The summed E-state index contributed by atoms with van der Waals surface area (Å²) in [6, 6.07) is 25.7. The van der Waals surface area contributed by atoms with Gasteiger partial charge in [0.2, 0.25) is 0 Å². The smallest absolute Gasteiger partial charge is 0.159 e. The number of rotatable bonds is 0. The lowest BCUT2D eigenvalue weighted by Crippen LogP contribution is -2.05. The summed E-state index contributed by atoms with van der Waals surface area (Å²) < 4.78 is 0. The summed E-state index contributed by atoms with van der Waals surface area (Å²) >= 11 is 3.82. The van der Waals surface area contributed by atoms with E-state index in [-0.39, 0.29) is 0 Å². The lowest BCUT2D eigenvalue weighted by Gasteiger charge is -2.23. The molecule has 1 aliphatic carbocycles. The highest BCUT2D eigenvalue weighted by Gasteiger charge is 2.19. The Morgan fingerprint density at radius 2 is 1.41 bits per heavy atom. The molecule has 0 amide bonds.